The van der Waals surface area contributed by atoms with Gasteiger partial charge in [-0.15, -0.1) is 9.19 Å². The fourth-order valence-corrected chi connectivity index (χ4v) is 3.20. The van der Waals surface area contributed by atoms with Crippen molar-refractivity contribution in [3.63, 3.8) is 0 Å². The first-order valence-electron chi connectivity index (χ1n) is 6.27. The zero-order valence-corrected chi connectivity index (χ0v) is 12.8. The van der Waals surface area contributed by atoms with Gasteiger partial charge in [0.2, 0.25) is 5.95 Å². The Hall–Kier alpha value is -2.38. The Morgan fingerprint density at radius 1 is 1.00 bits per heavy atom. The molecule has 0 fully saturated rings. The average Bonchev–Trinajstić information content (AvgIpc) is 2.91. The van der Waals surface area contributed by atoms with Crippen molar-refractivity contribution in [3.8, 4) is 11.4 Å². The number of nitrogens with two attached hydrogens (primary N) is 1. The van der Waals surface area contributed by atoms with Crippen LogP contribution in [-0.4, -0.2) is 22.6 Å². The van der Waals surface area contributed by atoms with Crippen LogP contribution in [0, 0.1) is 0 Å². The molecule has 6 nitrogen and oxygen atoms in total. The highest BCUT2D eigenvalue weighted by atomic mass is 35.5. The molecule has 0 atom stereocenters. The van der Waals surface area contributed by atoms with Crippen LogP contribution in [0.4, 0.5) is 5.95 Å². The molecule has 0 saturated carbocycles. The molecule has 1 aromatic heterocycles. The second-order valence-corrected chi connectivity index (χ2v) is 6.67. The van der Waals surface area contributed by atoms with E-state index < -0.39 is 10.0 Å². The van der Waals surface area contributed by atoms with Gasteiger partial charge in [0.15, 0.2) is 5.82 Å². The second kappa shape index (κ2) is 5.43. The third kappa shape index (κ3) is 2.56. The van der Waals surface area contributed by atoms with E-state index in [1.165, 1.54) is 12.1 Å². The van der Waals surface area contributed by atoms with E-state index in [9.17, 15) is 8.42 Å². The molecule has 0 bridgehead atoms. The molecule has 0 spiro atoms. The Morgan fingerprint density at radius 3 is 2.27 bits per heavy atom. The van der Waals surface area contributed by atoms with Crippen LogP contribution in [0.2, 0.25) is 5.02 Å². The SMILES string of the molecule is Nc1nc(-c2ccc(Cl)cc2)nn1S(=O)(=O)c1ccccc1. The predicted octanol–water partition coefficient (Wildman–Crippen LogP) is 2.42. The summed E-state index contributed by atoms with van der Waals surface area (Å²) in [5.74, 6) is 0.0162. The topological polar surface area (TPSA) is 90.9 Å². The first-order valence-corrected chi connectivity index (χ1v) is 8.09. The quantitative estimate of drug-likeness (QED) is 0.794. The standard InChI is InChI=1S/C14H11ClN4O2S/c15-11-8-6-10(7-9-11)13-17-14(16)19(18-13)22(20,21)12-4-2-1-3-5-12/h1-9H,(H2,16,17,18). The smallest absolute Gasteiger partial charge is 0.286 e. The summed E-state index contributed by atoms with van der Waals surface area (Å²) in [7, 11) is -3.87. The van der Waals surface area contributed by atoms with Gasteiger partial charge in [-0.1, -0.05) is 29.8 Å². The Kier molecular flexibility index (Phi) is 3.59. The minimum Gasteiger partial charge on any atom is -0.367 e. The molecule has 0 amide bonds. The second-order valence-electron chi connectivity index (χ2n) is 4.46. The summed E-state index contributed by atoms with van der Waals surface area (Å²) < 4.78 is 25.8. The van der Waals surface area contributed by atoms with Gasteiger partial charge in [0.1, 0.15) is 0 Å². The van der Waals surface area contributed by atoms with Gasteiger partial charge in [-0.25, -0.2) is 0 Å². The minimum absolute atomic E-state index is 0.0919. The molecule has 3 rings (SSSR count). The molecule has 2 N–H and O–H groups in total. The first-order chi connectivity index (χ1) is 10.5. The van der Waals surface area contributed by atoms with Crippen molar-refractivity contribution in [1.29, 1.82) is 0 Å². The Morgan fingerprint density at radius 2 is 1.64 bits per heavy atom. The number of rotatable bonds is 3. The molecule has 0 unspecified atom stereocenters. The third-order valence-corrected chi connectivity index (χ3v) is 4.82. The van der Waals surface area contributed by atoms with E-state index in [0.717, 1.165) is 4.09 Å². The van der Waals surface area contributed by atoms with Crippen molar-refractivity contribution in [1.82, 2.24) is 14.2 Å². The molecular formula is C14H11ClN4O2S. The molecule has 3 aromatic rings. The van der Waals surface area contributed by atoms with E-state index in [2.05, 4.69) is 10.1 Å². The van der Waals surface area contributed by atoms with Crippen LogP contribution < -0.4 is 5.73 Å². The van der Waals surface area contributed by atoms with Crippen LogP contribution in [0.25, 0.3) is 11.4 Å². The molecule has 0 saturated heterocycles. The molecular weight excluding hydrogens is 324 g/mol. The Labute approximate surface area is 132 Å². The summed E-state index contributed by atoms with van der Waals surface area (Å²) in [6.45, 7) is 0. The minimum atomic E-state index is -3.87. The van der Waals surface area contributed by atoms with Gasteiger partial charge in [-0.3, -0.25) is 0 Å². The van der Waals surface area contributed by atoms with Crippen molar-refractivity contribution in [2.24, 2.45) is 0 Å². The zero-order chi connectivity index (χ0) is 15.7. The first kappa shape index (κ1) is 14.6. The maximum absolute atomic E-state index is 12.5. The maximum Gasteiger partial charge on any atom is 0.286 e. The predicted molar refractivity (Wildman–Crippen MR) is 83.9 cm³/mol. The lowest BCUT2D eigenvalue weighted by Gasteiger charge is -2.04. The van der Waals surface area contributed by atoms with Crippen molar-refractivity contribution in [2.75, 3.05) is 5.73 Å². The number of hydrogen-bond donors (Lipinski definition) is 1. The molecule has 22 heavy (non-hydrogen) atoms. The van der Waals surface area contributed by atoms with Crippen molar-refractivity contribution >= 4 is 27.6 Å². The lowest BCUT2D eigenvalue weighted by Crippen LogP contribution is -2.17. The summed E-state index contributed by atoms with van der Waals surface area (Å²) in [4.78, 5) is 4.10. The fraction of sp³-hybridized carbons (Fsp3) is 0. The molecule has 8 heteroatoms. The van der Waals surface area contributed by atoms with E-state index in [1.54, 1.807) is 42.5 Å². The Balaban J connectivity index is 2.08. The van der Waals surface area contributed by atoms with E-state index in [1.807, 2.05) is 0 Å². The van der Waals surface area contributed by atoms with Crippen LogP contribution in [0.1, 0.15) is 0 Å². The largest absolute Gasteiger partial charge is 0.367 e. The van der Waals surface area contributed by atoms with Crippen LogP contribution in [0.15, 0.2) is 59.5 Å². The summed E-state index contributed by atoms with van der Waals surface area (Å²) in [5, 5.41) is 4.57. The zero-order valence-electron chi connectivity index (χ0n) is 11.2. The lowest BCUT2D eigenvalue weighted by molar-refractivity contribution is 0.581. The number of hydrogen-bond acceptors (Lipinski definition) is 5. The van der Waals surface area contributed by atoms with Crippen molar-refractivity contribution in [2.45, 2.75) is 4.90 Å². The van der Waals surface area contributed by atoms with Gasteiger partial charge < -0.3 is 5.73 Å². The fourth-order valence-electron chi connectivity index (χ4n) is 1.90. The van der Waals surface area contributed by atoms with Gasteiger partial charge in [0, 0.05) is 10.6 Å². The van der Waals surface area contributed by atoms with E-state index in [4.69, 9.17) is 17.3 Å². The highest BCUT2D eigenvalue weighted by Gasteiger charge is 2.22. The van der Waals surface area contributed by atoms with Gasteiger partial charge in [0.05, 0.1) is 4.90 Å². The van der Waals surface area contributed by atoms with Crippen LogP contribution >= 0.6 is 11.6 Å². The highest BCUT2D eigenvalue weighted by molar-refractivity contribution is 7.90. The van der Waals surface area contributed by atoms with Gasteiger partial charge in [-0.05, 0) is 36.4 Å². The summed E-state index contributed by atoms with van der Waals surface area (Å²) in [6, 6.07) is 14.6. The molecule has 2 aromatic carbocycles. The monoisotopic (exact) mass is 334 g/mol. The average molecular weight is 335 g/mol. The van der Waals surface area contributed by atoms with E-state index >= 15 is 0 Å². The molecule has 0 radical (unpaired) electrons. The van der Waals surface area contributed by atoms with Gasteiger partial charge in [0.25, 0.3) is 10.0 Å². The number of halogens is 1. The lowest BCUT2D eigenvalue weighted by atomic mass is 10.2. The van der Waals surface area contributed by atoms with Gasteiger partial charge >= 0.3 is 0 Å². The van der Waals surface area contributed by atoms with Crippen LogP contribution in [0.3, 0.4) is 0 Å². The van der Waals surface area contributed by atoms with Crippen LogP contribution in [0.5, 0.6) is 0 Å². The van der Waals surface area contributed by atoms with Crippen LogP contribution in [-0.2, 0) is 10.0 Å². The highest BCUT2D eigenvalue weighted by Crippen LogP contribution is 2.22. The summed E-state index contributed by atoms with van der Waals surface area (Å²) in [5.41, 5.74) is 6.34. The number of aromatic nitrogens is 3. The number of nitrogens with zero attached hydrogens (tertiary/aromatic N) is 3. The molecule has 0 aliphatic heterocycles. The van der Waals surface area contributed by atoms with Crippen molar-refractivity contribution in [3.05, 3.63) is 59.6 Å². The van der Waals surface area contributed by atoms with Crippen molar-refractivity contribution < 1.29 is 8.42 Å². The third-order valence-electron chi connectivity index (χ3n) is 2.97. The molecule has 0 aliphatic carbocycles. The number of anilines is 1. The Bertz CT molecular complexity index is 906. The van der Waals surface area contributed by atoms with E-state index in [0.29, 0.717) is 10.6 Å². The summed E-state index contributed by atoms with van der Waals surface area (Å²) >= 11 is 5.82. The number of benzene rings is 2. The number of nitrogen functional groups attached to an aromatic ring is 1. The maximum atomic E-state index is 12.5. The molecule has 1 heterocycles. The molecule has 112 valence electrons. The van der Waals surface area contributed by atoms with Gasteiger partial charge in [-0.2, -0.15) is 13.4 Å². The normalized spacial score (nSPS) is 11.5. The van der Waals surface area contributed by atoms with E-state index in [-0.39, 0.29) is 16.7 Å². The summed E-state index contributed by atoms with van der Waals surface area (Å²) in [6.07, 6.45) is 0. The molecule has 0 aliphatic rings.